The van der Waals surface area contributed by atoms with Gasteiger partial charge < -0.3 is 30.1 Å². The van der Waals surface area contributed by atoms with E-state index in [0.717, 1.165) is 116 Å². The molecule has 6 heterocycles. The number of anilines is 1. The number of para-hydroxylation sites is 1. The van der Waals surface area contributed by atoms with Crippen LogP contribution < -0.4 is 15.8 Å². The first-order valence-corrected chi connectivity index (χ1v) is 25.7. The van der Waals surface area contributed by atoms with Crippen molar-refractivity contribution >= 4 is 52.2 Å². The summed E-state index contributed by atoms with van der Waals surface area (Å²) < 4.78 is 7.97. The minimum absolute atomic E-state index is 0.0102. The third-order valence-corrected chi connectivity index (χ3v) is 15.2. The standard InChI is InChI=1S/C52H64N10O5S/c53-49-47-48(37-20-22-40(23-21-37)67-39-15-7-6-8-16-39)57-62(50(47)55-36-54-49)38-14-12-28-60(34-38)46(64)19-13-27-59-31-29-58(30-32-59)26-9-4-2-1-3-5-10-33-68-44-18-11-17-41-42(44)35-61(52(41)66)43-24-25-45(63)56-51(43)65/h6-8,11,15-18,20-23,36,38,43H,1-5,9-10,12-14,19,24-35H2,(H2,53,54,55)(H,56,63,65). The van der Waals surface area contributed by atoms with E-state index in [-0.39, 0.29) is 36.1 Å². The Kier molecular flexibility index (Phi) is 15.6. The summed E-state index contributed by atoms with van der Waals surface area (Å²) in [6.45, 7) is 8.18. The second kappa shape index (κ2) is 22.5. The van der Waals surface area contributed by atoms with Gasteiger partial charge in [0, 0.05) is 74.7 Å². The van der Waals surface area contributed by atoms with Crippen molar-refractivity contribution in [3.05, 3.63) is 90.3 Å². The Morgan fingerprint density at radius 3 is 2.26 bits per heavy atom. The van der Waals surface area contributed by atoms with Crippen molar-refractivity contribution in [3.63, 3.8) is 0 Å². The molecule has 3 aromatic carbocycles. The number of carbonyl (C=O) groups excluding carboxylic acids is 4. The van der Waals surface area contributed by atoms with Gasteiger partial charge in [-0.25, -0.2) is 14.6 Å². The van der Waals surface area contributed by atoms with Crippen molar-refractivity contribution in [1.82, 2.24) is 44.7 Å². The lowest BCUT2D eigenvalue weighted by molar-refractivity contribution is -0.137. The Labute approximate surface area is 403 Å². The summed E-state index contributed by atoms with van der Waals surface area (Å²) in [4.78, 5) is 69.6. The number of nitrogens with zero attached hydrogens (tertiary/aromatic N) is 8. The average molecular weight is 941 g/mol. The molecule has 5 aromatic rings. The predicted molar refractivity (Wildman–Crippen MR) is 264 cm³/mol. The zero-order valence-corrected chi connectivity index (χ0v) is 39.8. The van der Waals surface area contributed by atoms with Crippen molar-refractivity contribution in [2.45, 2.75) is 107 Å². The van der Waals surface area contributed by atoms with E-state index in [2.05, 4.69) is 31.2 Å². The molecule has 0 radical (unpaired) electrons. The normalized spacial score (nSPS) is 19.1. The van der Waals surface area contributed by atoms with E-state index in [1.165, 1.54) is 44.9 Å². The van der Waals surface area contributed by atoms with Crippen LogP contribution in [0.4, 0.5) is 5.82 Å². The molecule has 0 aliphatic carbocycles. The SMILES string of the molecule is Nc1ncnc2c1c(-c1ccc(Oc3ccccc3)cc1)nn2C1CCCN(C(=O)CCCN2CCN(CCCCCCCCCSc3cccc4c3CN(C3CCC(=O)NC3=O)C4=O)CC2)C1. The quantitative estimate of drug-likeness (QED) is 0.0443. The highest BCUT2D eigenvalue weighted by Gasteiger charge is 2.40. The Bertz CT molecular complexity index is 2550. The first-order valence-electron chi connectivity index (χ1n) is 24.7. The molecule has 2 atom stereocenters. The zero-order chi connectivity index (χ0) is 46.8. The summed E-state index contributed by atoms with van der Waals surface area (Å²) in [6.07, 6.45) is 14.0. The maximum Gasteiger partial charge on any atom is 0.255 e. The van der Waals surface area contributed by atoms with E-state index in [0.29, 0.717) is 43.0 Å². The molecule has 2 aromatic heterocycles. The van der Waals surface area contributed by atoms with E-state index in [1.807, 2.05) is 76.3 Å². The molecule has 0 spiro atoms. The van der Waals surface area contributed by atoms with Gasteiger partial charge in [0.2, 0.25) is 17.7 Å². The highest BCUT2D eigenvalue weighted by Crippen LogP contribution is 2.37. The Morgan fingerprint density at radius 1 is 0.779 bits per heavy atom. The fourth-order valence-corrected chi connectivity index (χ4v) is 11.3. The highest BCUT2D eigenvalue weighted by molar-refractivity contribution is 7.99. The number of nitrogens with two attached hydrogens (primary N) is 1. The molecule has 4 aliphatic heterocycles. The van der Waals surface area contributed by atoms with Crippen molar-refractivity contribution in [2.24, 2.45) is 0 Å². The first-order chi connectivity index (χ1) is 33.3. The van der Waals surface area contributed by atoms with Gasteiger partial charge in [0.05, 0.1) is 11.4 Å². The third-order valence-electron chi connectivity index (χ3n) is 14.0. The van der Waals surface area contributed by atoms with Gasteiger partial charge in [0.25, 0.3) is 5.91 Å². The molecular weight excluding hydrogens is 877 g/mol. The monoisotopic (exact) mass is 940 g/mol. The number of piperidine rings is 2. The van der Waals surface area contributed by atoms with E-state index < -0.39 is 6.04 Å². The third kappa shape index (κ3) is 11.4. The van der Waals surface area contributed by atoms with Gasteiger partial charge in [0.15, 0.2) is 5.65 Å². The van der Waals surface area contributed by atoms with E-state index in [9.17, 15) is 19.2 Å². The number of aromatic nitrogens is 4. The molecule has 3 saturated heterocycles. The zero-order valence-electron chi connectivity index (χ0n) is 39.0. The number of likely N-dealkylation sites (tertiary alicyclic amines) is 1. The van der Waals surface area contributed by atoms with Crippen LogP contribution in [0.5, 0.6) is 11.5 Å². The second-order valence-corrected chi connectivity index (χ2v) is 19.8. The maximum absolute atomic E-state index is 13.6. The van der Waals surface area contributed by atoms with Crippen molar-refractivity contribution in [1.29, 1.82) is 0 Å². The van der Waals surface area contributed by atoms with Gasteiger partial charge in [0.1, 0.15) is 35.4 Å². The largest absolute Gasteiger partial charge is 0.457 e. The van der Waals surface area contributed by atoms with Gasteiger partial charge in [-0.05, 0) is 111 Å². The molecule has 0 bridgehead atoms. The molecule has 358 valence electrons. The summed E-state index contributed by atoms with van der Waals surface area (Å²) in [5.41, 5.74) is 10.4. The Balaban J connectivity index is 0.634. The van der Waals surface area contributed by atoms with Crippen LogP contribution in [0.2, 0.25) is 0 Å². The average Bonchev–Trinajstić information content (AvgIpc) is 3.92. The molecule has 0 saturated carbocycles. The first kappa shape index (κ1) is 47.2. The fraction of sp³-hybridized carbons (Fsp3) is 0.481. The van der Waals surface area contributed by atoms with Crippen molar-refractivity contribution in [2.75, 3.05) is 63.8 Å². The van der Waals surface area contributed by atoms with Crippen molar-refractivity contribution in [3.8, 4) is 22.8 Å². The van der Waals surface area contributed by atoms with E-state index in [4.69, 9.17) is 15.6 Å². The Morgan fingerprint density at radius 2 is 1.50 bits per heavy atom. The molecule has 4 amide bonds. The molecule has 68 heavy (non-hydrogen) atoms. The number of fused-ring (bicyclic) bond motifs is 2. The number of hydrogen-bond acceptors (Lipinski definition) is 12. The van der Waals surface area contributed by atoms with Crippen LogP contribution in [-0.4, -0.2) is 127 Å². The number of benzene rings is 3. The summed E-state index contributed by atoms with van der Waals surface area (Å²) in [5, 5.41) is 8.19. The molecule has 4 aliphatic rings. The number of piperazine rings is 1. The van der Waals surface area contributed by atoms with Crippen LogP contribution in [0.15, 0.2) is 84.0 Å². The molecule has 9 rings (SSSR count). The number of nitrogen functional groups attached to an aromatic ring is 1. The molecule has 2 unspecified atom stereocenters. The second-order valence-electron chi connectivity index (χ2n) is 18.6. The van der Waals surface area contributed by atoms with Gasteiger partial charge in [-0.15, -0.1) is 11.8 Å². The molecule has 3 N–H and O–H groups in total. The number of amides is 4. The van der Waals surface area contributed by atoms with Gasteiger partial charge in [-0.2, -0.15) is 5.10 Å². The predicted octanol–water partition coefficient (Wildman–Crippen LogP) is 7.71. The molecular formula is C52H64N10O5S. The number of nitrogens with one attached hydrogen (secondary N) is 1. The van der Waals surface area contributed by atoms with Crippen LogP contribution in [0.1, 0.15) is 105 Å². The smallest absolute Gasteiger partial charge is 0.255 e. The van der Waals surface area contributed by atoms with Crippen LogP contribution in [0.3, 0.4) is 0 Å². The van der Waals surface area contributed by atoms with E-state index in [1.54, 1.807) is 16.7 Å². The van der Waals surface area contributed by atoms with E-state index >= 15 is 0 Å². The number of thioether (sulfide) groups is 1. The van der Waals surface area contributed by atoms with Gasteiger partial charge >= 0.3 is 0 Å². The lowest BCUT2D eigenvalue weighted by Gasteiger charge is -2.35. The topological polar surface area (TPSA) is 172 Å². The summed E-state index contributed by atoms with van der Waals surface area (Å²) in [5.74, 6) is 2.35. The summed E-state index contributed by atoms with van der Waals surface area (Å²) in [7, 11) is 0. The molecule has 16 heteroatoms. The number of carbonyl (C=O) groups is 4. The lowest BCUT2D eigenvalue weighted by Crippen LogP contribution is -2.52. The van der Waals surface area contributed by atoms with Gasteiger partial charge in [-0.1, -0.05) is 56.4 Å². The van der Waals surface area contributed by atoms with Crippen LogP contribution in [0.25, 0.3) is 22.3 Å². The minimum Gasteiger partial charge on any atom is -0.457 e. The van der Waals surface area contributed by atoms with Crippen LogP contribution in [-0.2, 0) is 20.9 Å². The number of rotatable bonds is 20. The lowest BCUT2D eigenvalue weighted by atomic mass is 10.0. The van der Waals surface area contributed by atoms with Gasteiger partial charge in [-0.3, -0.25) is 24.5 Å². The minimum atomic E-state index is -0.581. The van der Waals surface area contributed by atoms with Crippen LogP contribution in [0, 0.1) is 0 Å². The maximum atomic E-state index is 13.6. The number of unbranched alkanes of at least 4 members (excludes halogenated alkanes) is 6. The summed E-state index contributed by atoms with van der Waals surface area (Å²) >= 11 is 1.81. The fourth-order valence-electron chi connectivity index (χ4n) is 10.2. The summed E-state index contributed by atoms with van der Waals surface area (Å²) in [6, 6.07) is 22.8. The Hall–Kier alpha value is -5.84. The molecule has 3 fully saturated rings. The number of ether oxygens (including phenoxy) is 1. The number of hydrogen-bond donors (Lipinski definition) is 2. The number of imide groups is 1. The molecule has 15 nitrogen and oxygen atoms in total. The highest BCUT2D eigenvalue weighted by atomic mass is 32.2. The van der Waals surface area contributed by atoms with Crippen LogP contribution >= 0.6 is 11.8 Å². The van der Waals surface area contributed by atoms with Crippen molar-refractivity contribution < 1.29 is 23.9 Å².